The zero-order valence-corrected chi connectivity index (χ0v) is 15.7. The number of benzene rings is 1. The van der Waals surface area contributed by atoms with Gasteiger partial charge in [0.1, 0.15) is 5.75 Å². The molecule has 1 aliphatic rings. The largest absolute Gasteiger partial charge is 0.497 e. The van der Waals surface area contributed by atoms with Crippen molar-refractivity contribution in [3.05, 3.63) is 47.5 Å². The van der Waals surface area contributed by atoms with Crippen molar-refractivity contribution in [3.63, 3.8) is 0 Å². The standard InChI is InChI=1S/C20H27N3O2/c1-14-15(2)23(13-22-14)11-10-21-18(24)20(12-19(20,3)4)16-6-8-17(25-5)9-7-16/h6-9,13H,10-12H2,1-5H3,(H,21,24)/t20-/m0/s1. The van der Waals surface area contributed by atoms with Crippen LogP contribution in [-0.2, 0) is 16.8 Å². The summed E-state index contributed by atoms with van der Waals surface area (Å²) in [6, 6.07) is 7.87. The minimum atomic E-state index is -0.445. The number of aromatic nitrogens is 2. The van der Waals surface area contributed by atoms with E-state index in [1.807, 2.05) is 44.4 Å². The van der Waals surface area contributed by atoms with Crippen molar-refractivity contribution in [2.45, 2.75) is 46.1 Å². The SMILES string of the molecule is COc1ccc([C@]2(C(=O)NCCn3cnc(C)c3C)CC2(C)C)cc1. The van der Waals surface area contributed by atoms with Crippen LogP contribution in [0, 0.1) is 19.3 Å². The molecule has 0 bridgehead atoms. The molecule has 5 nitrogen and oxygen atoms in total. The second-order valence-corrected chi connectivity index (χ2v) is 7.56. The lowest BCUT2D eigenvalue weighted by Gasteiger charge is -2.21. The highest BCUT2D eigenvalue weighted by atomic mass is 16.5. The van der Waals surface area contributed by atoms with Gasteiger partial charge in [-0.25, -0.2) is 4.98 Å². The monoisotopic (exact) mass is 341 g/mol. The van der Waals surface area contributed by atoms with Crippen LogP contribution in [0.25, 0.3) is 0 Å². The minimum absolute atomic E-state index is 0.0345. The number of hydrogen-bond donors (Lipinski definition) is 1. The molecule has 0 radical (unpaired) electrons. The van der Waals surface area contributed by atoms with Crippen molar-refractivity contribution >= 4 is 5.91 Å². The van der Waals surface area contributed by atoms with Gasteiger partial charge < -0.3 is 14.6 Å². The zero-order valence-electron chi connectivity index (χ0n) is 15.7. The summed E-state index contributed by atoms with van der Waals surface area (Å²) in [4.78, 5) is 17.3. The van der Waals surface area contributed by atoms with E-state index in [1.54, 1.807) is 7.11 Å². The van der Waals surface area contributed by atoms with E-state index >= 15 is 0 Å². The molecular weight excluding hydrogens is 314 g/mol. The topological polar surface area (TPSA) is 56.1 Å². The number of aryl methyl sites for hydroxylation is 1. The normalized spacial score (nSPS) is 21.0. The summed E-state index contributed by atoms with van der Waals surface area (Å²) >= 11 is 0. The molecule has 1 saturated carbocycles. The van der Waals surface area contributed by atoms with Crippen molar-refractivity contribution in [1.29, 1.82) is 0 Å². The molecule has 1 fully saturated rings. The first-order valence-electron chi connectivity index (χ1n) is 8.73. The predicted octanol–water partition coefficient (Wildman–Crippen LogP) is 2.99. The Morgan fingerprint density at radius 3 is 2.40 bits per heavy atom. The van der Waals surface area contributed by atoms with E-state index in [9.17, 15) is 4.79 Å². The first kappa shape index (κ1) is 17.5. The lowest BCUT2D eigenvalue weighted by Crippen LogP contribution is -2.39. The van der Waals surface area contributed by atoms with E-state index in [0.717, 1.165) is 35.7 Å². The van der Waals surface area contributed by atoms with Gasteiger partial charge in [-0.2, -0.15) is 0 Å². The molecule has 0 aliphatic heterocycles. The van der Waals surface area contributed by atoms with Crippen molar-refractivity contribution in [2.24, 2.45) is 5.41 Å². The van der Waals surface area contributed by atoms with Crippen LogP contribution in [0.15, 0.2) is 30.6 Å². The summed E-state index contributed by atoms with van der Waals surface area (Å²) in [5.74, 6) is 0.917. The first-order valence-corrected chi connectivity index (χ1v) is 8.73. The van der Waals surface area contributed by atoms with E-state index in [1.165, 1.54) is 0 Å². The molecule has 1 amide bonds. The van der Waals surface area contributed by atoms with Crippen molar-refractivity contribution in [3.8, 4) is 5.75 Å². The molecule has 1 aliphatic carbocycles. The average molecular weight is 341 g/mol. The Labute approximate surface area is 149 Å². The Balaban J connectivity index is 1.70. The van der Waals surface area contributed by atoms with Gasteiger partial charge >= 0.3 is 0 Å². The van der Waals surface area contributed by atoms with Gasteiger partial charge in [0.15, 0.2) is 0 Å². The number of nitrogens with one attached hydrogen (secondary N) is 1. The van der Waals surface area contributed by atoms with Crippen LogP contribution < -0.4 is 10.1 Å². The van der Waals surface area contributed by atoms with Crippen LogP contribution in [0.5, 0.6) is 5.75 Å². The Hall–Kier alpha value is -2.30. The van der Waals surface area contributed by atoms with Crippen LogP contribution in [0.3, 0.4) is 0 Å². The summed E-state index contributed by atoms with van der Waals surface area (Å²) in [5.41, 5.74) is 2.76. The van der Waals surface area contributed by atoms with Crippen LogP contribution in [0.4, 0.5) is 0 Å². The zero-order chi connectivity index (χ0) is 18.2. The van der Waals surface area contributed by atoms with Crippen molar-refractivity contribution in [1.82, 2.24) is 14.9 Å². The van der Waals surface area contributed by atoms with Gasteiger partial charge in [-0.1, -0.05) is 26.0 Å². The lowest BCUT2D eigenvalue weighted by molar-refractivity contribution is -0.124. The second-order valence-electron chi connectivity index (χ2n) is 7.56. The van der Waals surface area contributed by atoms with Crippen LogP contribution >= 0.6 is 0 Å². The highest BCUT2D eigenvalue weighted by Crippen LogP contribution is 2.64. The van der Waals surface area contributed by atoms with E-state index in [-0.39, 0.29) is 11.3 Å². The summed E-state index contributed by atoms with van der Waals surface area (Å²) in [5, 5.41) is 3.13. The molecule has 3 rings (SSSR count). The van der Waals surface area contributed by atoms with Gasteiger partial charge in [0.2, 0.25) is 5.91 Å². The smallest absolute Gasteiger partial charge is 0.231 e. The number of carbonyl (C=O) groups excluding carboxylic acids is 1. The lowest BCUT2D eigenvalue weighted by atomic mass is 9.87. The molecule has 0 unspecified atom stereocenters. The van der Waals surface area contributed by atoms with Crippen LogP contribution in [0.1, 0.15) is 37.2 Å². The molecular formula is C20H27N3O2. The molecule has 134 valence electrons. The molecule has 1 heterocycles. The average Bonchev–Trinajstić information content (AvgIpc) is 3.07. The van der Waals surface area contributed by atoms with E-state index in [4.69, 9.17) is 4.74 Å². The second kappa shape index (κ2) is 6.21. The maximum absolute atomic E-state index is 13.0. The van der Waals surface area contributed by atoms with Crippen LogP contribution in [-0.4, -0.2) is 29.1 Å². The summed E-state index contributed by atoms with van der Waals surface area (Å²) in [6.07, 6.45) is 2.69. The summed E-state index contributed by atoms with van der Waals surface area (Å²) in [7, 11) is 1.65. The van der Waals surface area contributed by atoms with Crippen LogP contribution in [0.2, 0.25) is 0 Å². The van der Waals surface area contributed by atoms with Gasteiger partial charge in [-0.05, 0) is 43.4 Å². The highest BCUT2D eigenvalue weighted by molar-refractivity contribution is 5.93. The molecule has 1 N–H and O–H groups in total. The number of rotatable bonds is 6. The number of hydrogen-bond acceptors (Lipinski definition) is 3. The van der Waals surface area contributed by atoms with Gasteiger partial charge in [-0.3, -0.25) is 4.79 Å². The summed E-state index contributed by atoms with van der Waals surface area (Å²) < 4.78 is 7.31. The predicted molar refractivity (Wildman–Crippen MR) is 97.8 cm³/mol. The molecule has 25 heavy (non-hydrogen) atoms. The highest BCUT2D eigenvalue weighted by Gasteiger charge is 2.66. The van der Waals surface area contributed by atoms with Crippen molar-refractivity contribution in [2.75, 3.05) is 13.7 Å². The maximum atomic E-state index is 13.0. The number of nitrogens with zero attached hydrogens (tertiary/aromatic N) is 2. The number of amides is 1. The fourth-order valence-electron chi connectivity index (χ4n) is 3.72. The van der Waals surface area contributed by atoms with E-state index < -0.39 is 5.41 Å². The first-order chi connectivity index (χ1) is 11.8. The molecule has 1 aromatic carbocycles. The van der Waals surface area contributed by atoms with E-state index in [2.05, 4.69) is 28.7 Å². The third kappa shape index (κ3) is 2.92. The Morgan fingerprint density at radius 2 is 1.92 bits per heavy atom. The Morgan fingerprint density at radius 1 is 1.28 bits per heavy atom. The Kier molecular flexibility index (Phi) is 4.35. The van der Waals surface area contributed by atoms with Gasteiger partial charge in [0.25, 0.3) is 0 Å². The summed E-state index contributed by atoms with van der Waals surface area (Å²) in [6.45, 7) is 9.68. The number of ether oxygens (including phenoxy) is 1. The quantitative estimate of drug-likeness (QED) is 0.879. The fraction of sp³-hybridized carbons (Fsp3) is 0.500. The van der Waals surface area contributed by atoms with E-state index in [0.29, 0.717) is 6.54 Å². The third-order valence-corrected chi connectivity index (χ3v) is 5.69. The number of methoxy groups -OCH3 is 1. The molecule has 0 spiro atoms. The third-order valence-electron chi connectivity index (χ3n) is 5.69. The fourth-order valence-corrected chi connectivity index (χ4v) is 3.72. The van der Waals surface area contributed by atoms with Gasteiger partial charge in [-0.15, -0.1) is 0 Å². The number of imidazole rings is 1. The molecule has 1 atom stereocenters. The molecule has 5 heteroatoms. The maximum Gasteiger partial charge on any atom is 0.231 e. The molecule has 0 saturated heterocycles. The number of carbonyl (C=O) groups is 1. The van der Waals surface area contributed by atoms with Gasteiger partial charge in [0, 0.05) is 18.8 Å². The van der Waals surface area contributed by atoms with Crippen molar-refractivity contribution < 1.29 is 9.53 Å². The molecule has 2 aromatic rings. The minimum Gasteiger partial charge on any atom is -0.497 e. The Bertz CT molecular complexity index is 777. The van der Waals surface area contributed by atoms with Gasteiger partial charge in [0.05, 0.1) is 24.5 Å². The molecule has 1 aromatic heterocycles.